The molecule has 4 aliphatic rings. The third-order valence-electron chi connectivity index (χ3n) is 10.1. The Morgan fingerprint density at radius 2 is 1.57 bits per heavy atom. The molecule has 2 aromatic carbocycles. The number of hydrogen-bond donors (Lipinski definition) is 0. The van der Waals surface area contributed by atoms with E-state index in [9.17, 15) is 4.79 Å². The Balaban J connectivity index is 1.61. The lowest BCUT2D eigenvalue weighted by Crippen LogP contribution is -2.49. The number of ether oxygens (including phenoxy) is 2. The van der Waals surface area contributed by atoms with Crippen LogP contribution in [-0.4, -0.2) is 28.5 Å². The highest BCUT2D eigenvalue weighted by Gasteiger charge is 2.53. The number of rotatable bonds is 8. The van der Waals surface area contributed by atoms with Crippen molar-refractivity contribution in [3.63, 3.8) is 0 Å². The van der Waals surface area contributed by atoms with Gasteiger partial charge in [-0.25, -0.2) is 4.79 Å². The fourth-order valence-corrected chi connectivity index (χ4v) is 8.56. The largest absolute Gasteiger partial charge is 0.543 e. The lowest BCUT2D eigenvalue weighted by Gasteiger charge is -2.57. The van der Waals surface area contributed by atoms with Gasteiger partial charge >= 0.3 is 5.97 Å². The van der Waals surface area contributed by atoms with Crippen LogP contribution in [0.4, 0.5) is 0 Å². The first-order valence-electron chi connectivity index (χ1n) is 14.9. The smallest absolute Gasteiger partial charge is 0.330 e. The van der Waals surface area contributed by atoms with Crippen molar-refractivity contribution in [2.45, 2.75) is 82.8 Å². The summed E-state index contributed by atoms with van der Waals surface area (Å²) in [7, 11) is 1.03. The Hall–Kier alpha value is -2.79. The summed E-state index contributed by atoms with van der Waals surface area (Å²) in [6.45, 7) is 11.7. The molecule has 40 heavy (non-hydrogen) atoms. The van der Waals surface area contributed by atoms with Gasteiger partial charge in [-0.1, -0.05) is 39.0 Å². The molecule has 214 valence electrons. The highest BCUT2D eigenvalue weighted by molar-refractivity contribution is 6.74. The SMILES string of the molecule is CO/C=C/c1cc(/C=C/C(=O)OC)ccc1-c1ccc(O[Si](C)(C)C(C)(C)C)c(C23CC4CC(CC(C4)C2)C3)c1. The second-order valence-electron chi connectivity index (χ2n) is 14.0. The molecule has 5 heteroatoms. The predicted molar refractivity (Wildman–Crippen MR) is 167 cm³/mol. The third-order valence-corrected chi connectivity index (χ3v) is 14.5. The molecule has 4 nitrogen and oxygen atoms in total. The van der Waals surface area contributed by atoms with E-state index in [2.05, 4.69) is 70.3 Å². The Morgan fingerprint density at radius 3 is 2.15 bits per heavy atom. The van der Waals surface area contributed by atoms with Gasteiger partial charge in [-0.05, 0) is 138 Å². The number of esters is 1. The Labute approximate surface area is 241 Å². The zero-order valence-corrected chi connectivity index (χ0v) is 26.4. The molecule has 0 spiro atoms. The van der Waals surface area contributed by atoms with Crippen molar-refractivity contribution in [2.75, 3.05) is 14.2 Å². The van der Waals surface area contributed by atoms with Gasteiger partial charge in [0.15, 0.2) is 0 Å². The van der Waals surface area contributed by atoms with Crippen LogP contribution in [0.1, 0.15) is 76.0 Å². The van der Waals surface area contributed by atoms with Gasteiger partial charge < -0.3 is 13.9 Å². The van der Waals surface area contributed by atoms with Crippen molar-refractivity contribution >= 4 is 26.4 Å². The summed E-state index contributed by atoms with van der Waals surface area (Å²) < 4.78 is 17.2. The first-order valence-corrected chi connectivity index (χ1v) is 17.8. The first kappa shape index (κ1) is 28.7. The van der Waals surface area contributed by atoms with Crippen LogP contribution in [0, 0.1) is 17.8 Å². The molecule has 4 aliphatic carbocycles. The second-order valence-corrected chi connectivity index (χ2v) is 18.7. The number of carbonyl (C=O) groups excluding carboxylic acids is 1. The molecule has 0 amide bonds. The fraction of sp³-hybridized carbons (Fsp3) is 0.514. The van der Waals surface area contributed by atoms with Crippen LogP contribution in [0.2, 0.25) is 18.1 Å². The molecule has 0 aliphatic heterocycles. The minimum Gasteiger partial charge on any atom is -0.543 e. The third kappa shape index (κ3) is 5.67. The minimum absolute atomic E-state index is 0.135. The maximum Gasteiger partial charge on any atom is 0.330 e. The van der Waals surface area contributed by atoms with Gasteiger partial charge in [-0.15, -0.1) is 0 Å². The van der Waals surface area contributed by atoms with Crippen molar-refractivity contribution in [2.24, 2.45) is 17.8 Å². The molecule has 0 aromatic heterocycles. The van der Waals surface area contributed by atoms with E-state index in [1.54, 1.807) is 19.4 Å². The normalized spacial score (nSPS) is 26.0. The standard InChI is InChI=1S/C35H46O4Si/c1-34(2,3)40(6,7)39-32-12-10-28(20-31(32)35-21-25-16-26(22-35)18-27(17-25)23-35)30-11-8-24(9-13-33(36)38-5)19-29(30)14-15-37-4/h8-15,19-20,25-27H,16-18,21-23H2,1-7H3/b13-9+,15-14+. The summed E-state index contributed by atoms with van der Waals surface area (Å²) in [5, 5.41) is 0.135. The first-order chi connectivity index (χ1) is 18.9. The molecule has 0 saturated heterocycles. The highest BCUT2D eigenvalue weighted by atomic mass is 28.4. The lowest BCUT2D eigenvalue weighted by atomic mass is 9.48. The van der Waals surface area contributed by atoms with E-state index < -0.39 is 8.32 Å². The highest BCUT2D eigenvalue weighted by Crippen LogP contribution is 2.62. The summed E-state index contributed by atoms with van der Waals surface area (Å²) in [6, 6.07) is 13.3. The molecule has 0 N–H and O–H groups in total. The fourth-order valence-electron chi connectivity index (χ4n) is 7.53. The predicted octanol–water partition coefficient (Wildman–Crippen LogP) is 9.01. The molecule has 0 atom stereocenters. The van der Waals surface area contributed by atoms with E-state index in [-0.39, 0.29) is 16.4 Å². The van der Waals surface area contributed by atoms with Crippen LogP contribution in [0.3, 0.4) is 0 Å². The van der Waals surface area contributed by atoms with Crippen LogP contribution in [-0.2, 0) is 19.7 Å². The van der Waals surface area contributed by atoms with Gasteiger partial charge in [0.1, 0.15) is 5.75 Å². The number of carbonyl (C=O) groups is 1. The Kier molecular flexibility index (Phi) is 7.82. The van der Waals surface area contributed by atoms with Crippen molar-refractivity contribution in [3.05, 3.63) is 65.4 Å². The molecule has 0 radical (unpaired) electrons. The summed E-state index contributed by atoms with van der Waals surface area (Å²) in [5.41, 5.74) is 5.98. The van der Waals surface area contributed by atoms with E-state index in [0.717, 1.165) is 40.2 Å². The number of methoxy groups -OCH3 is 2. The van der Waals surface area contributed by atoms with Gasteiger partial charge in [-0.2, -0.15) is 0 Å². The van der Waals surface area contributed by atoms with Crippen LogP contribution < -0.4 is 4.43 Å². The van der Waals surface area contributed by atoms with Crippen LogP contribution >= 0.6 is 0 Å². The van der Waals surface area contributed by atoms with Crippen LogP contribution in [0.5, 0.6) is 5.75 Å². The molecule has 0 heterocycles. The Morgan fingerprint density at radius 1 is 0.925 bits per heavy atom. The van der Waals surface area contributed by atoms with Crippen LogP contribution in [0.25, 0.3) is 23.3 Å². The summed E-state index contributed by atoms with van der Waals surface area (Å²) in [5.74, 6) is 3.32. The van der Waals surface area contributed by atoms with Gasteiger partial charge in [-0.3, -0.25) is 0 Å². The van der Waals surface area contributed by atoms with Gasteiger partial charge in [0.2, 0.25) is 8.32 Å². The van der Waals surface area contributed by atoms with Gasteiger partial charge in [0.05, 0.1) is 20.5 Å². The van der Waals surface area contributed by atoms with Crippen molar-refractivity contribution in [1.29, 1.82) is 0 Å². The molecule has 4 saturated carbocycles. The summed E-state index contributed by atoms with van der Waals surface area (Å²) >= 11 is 0. The molecule has 6 rings (SSSR count). The molecule has 2 aromatic rings. The second kappa shape index (κ2) is 10.9. The maximum absolute atomic E-state index is 11.7. The van der Waals surface area contributed by atoms with Gasteiger partial charge in [0.25, 0.3) is 0 Å². The van der Waals surface area contributed by atoms with Crippen molar-refractivity contribution < 1.29 is 18.7 Å². The number of benzene rings is 2. The quantitative estimate of drug-likeness (QED) is 0.140. The molecule has 4 bridgehead atoms. The van der Waals surface area contributed by atoms with E-state index in [1.807, 2.05) is 6.08 Å². The van der Waals surface area contributed by atoms with Crippen LogP contribution in [0.15, 0.2) is 48.7 Å². The summed E-state index contributed by atoms with van der Waals surface area (Å²) in [6.07, 6.45) is 15.1. The Bertz CT molecular complexity index is 1280. The molecular formula is C35H46O4Si. The van der Waals surface area contributed by atoms with Crippen molar-refractivity contribution in [3.8, 4) is 16.9 Å². The van der Waals surface area contributed by atoms with E-state index >= 15 is 0 Å². The van der Waals surface area contributed by atoms with E-state index in [1.165, 1.54) is 62.8 Å². The van der Waals surface area contributed by atoms with Crippen molar-refractivity contribution in [1.82, 2.24) is 0 Å². The average molecular weight is 559 g/mol. The number of hydrogen-bond acceptors (Lipinski definition) is 4. The molecule has 4 fully saturated rings. The summed E-state index contributed by atoms with van der Waals surface area (Å²) in [4.78, 5) is 11.7. The minimum atomic E-state index is -2.02. The zero-order valence-electron chi connectivity index (χ0n) is 25.4. The van der Waals surface area contributed by atoms with E-state index in [0.29, 0.717) is 0 Å². The van der Waals surface area contributed by atoms with Gasteiger partial charge in [0, 0.05) is 6.08 Å². The monoisotopic (exact) mass is 558 g/mol. The topological polar surface area (TPSA) is 44.8 Å². The maximum atomic E-state index is 11.7. The molecular weight excluding hydrogens is 512 g/mol. The zero-order chi connectivity index (χ0) is 28.7. The average Bonchev–Trinajstić information content (AvgIpc) is 2.89. The molecule has 0 unspecified atom stereocenters. The lowest BCUT2D eigenvalue weighted by molar-refractivity contribution is -0.134. The van der Waals surface area contributed by atoms with E-state index in [4.69, 9.17) is 13.9 Å².